The molecule has 0 saturated carbocycles. The van der Waals surface area contributed by atoms with Crippen LogP contribution in [0, 0.1) is 0 Å². The molecule has 0 aliphatic heterocycles. The SMILES string of the molecule is CS[C@H]([C@@H](OC(C)=O)[C@H](OC(C)=O)[C@@H](COC(C)=O)OC(C)=O)n1cnc2c(Cl)ncnc21. The highest BCUT2D eigenvalue weighted by Gasteiger charge is 2.43. The predicted molar refractivity (Wildman–Crippen MR) is 116 cm³/mol. The van der Waals surface area contributed by atoms with E-state index in [0.29, 0.717) is 11.2 Å². The van der Waals surface area contributed by atoms with Crippen LogP contribution in [0.15, 0.2) is 12.7 Å². The summed E-state index contributed by atoms with van der Waals surface area (Å²) in [5.41, 5.74) is 0.636. The number of fused-ring (bicyclic) bond motifs is 1. The van der Waals surface area contributed by atoms with Gasteiger partial charge in [0.05, 0.1) is 6.33 Å². The smallest absolute Gasteiger partial charge is 0.303 e. The number of carbonyl (C=O) groups is 4. The zero-order valence-electron chi connectivity index (χ0n) is 18.5. The Hall–Kier alpha value is -2.93. The van der Waals surface area contributed by atoms with Crippen LogP contribution in [0.3, 0.4) is 0 Å². The molecule has 4 atom stereocenters. The van der Waals surface area contributed by atoms with Gasteiger partial charge in [-0.1, -0.05) is 11.6 Å². The summed E-state index contributed by atoms with van der Waals surface area (Å²) in [6.45, 7) is 4.18. The summed E-state index contributed by atoms with van der Waals surface area (Å²) in [5, 5.41) is -0.656. The normalized spacial score (nSPS) is 14.6. The van der Waals surface area contributed by atoms with Gasteiger partial charge < -0.3 is 18.9 Å². The molecule has 0 saturated heterocycles. The molecular weight excluding hydrogens is 480 g/mol. The minimum Gasteiger partial charge on any atom is -0.462 e. The number of thioether (sulfide) groups is 1. The van der Waals surface area contributed by atoms with Crippen molar-refractivity contribution in [2.24, 2.45) is 0 Å². The molecule has 0 aromatic carbocycles. The Morgan fingerprint density at radius 1 is 0.939 bits per heavy atom. The van der Waals surface area contributed by atoms with Gasteiger partial charge in [0, 0.05) is 27.7 Å². The first-order valence-corrected chi connectivity index (χ1v) is 11.2. The predicted octanol–water partition coefficient (Wildman–Crippen LogP) is 1.70. The number of aromatic nitrogens is 4. The van der Waals surface area contributed by atoms with Crippen molar-refractivity contribution in [1.82, 2.24) is 19.5 Å². The highest BCUT2D eigenvalue weighted by Crippen LogP contribution is 2.34. The zero-order chi connectivity index (χ0) is 24.7. The van der Waals surface area contributed by atoms with E-state index in [9.17, 15) is 19.2 Å². The molecule has 0 bridgehead atoms. The molecule has 0 amide bonds. The molecular formula is C19H23ClN4O8S. The number of halogens is 1. The van der Waals surface area contributed by atoms with E-state index < -0.39 is 54.2 Å². The summed E-state index contributed by atoms with van der Waals surface area (Å²) in [6.07, 6.45) is 0.540. The summed E-state index contributed by atoms with van der Waals surface area (Å²) in [4.78, 5) is 59.4. The van der Waals surface area contributed by atoms with Crippen LogP contribution in [0.1, 0.15) is 33.1 Å². The van der Waals surface area contributed by atoms with Gasteiger partial charge in [0.2, 0.25) is 0 Å². The fraction of sp³-hybridized carbons (Fsp3) is 0.526. The van der Waals surface area contributed by atoms with Crippen molar-refractivity contribution in [3.8, 4) is 0 Å². The van der Waals surface area contributed by atoms with Crippen molar-refractivity contribution >= 4 is 58.4 Å². The number of hydrogen-bond donors (Lipinski definition) is 0. The van der Waals surface area contributed by atoms with E-state index in [1.165, 1.54) is 38.3 Å². The monoisotopic (exact) mass is 502 g/mol. The fourth-order valence-corrected chi connectivity index (χ4v) is 4.09. The Morgan fingerprint density at radius 2 is 1.55 bits per heavy atom. The van der Waals surface area contributed by atoms with Crippen molar-refractivity contribution in [3.63, 3.8) is 0 Å². The first-order chi connectivity index (χ1) is 15.5. The van der Waals surface area contributed by atoms with Crippen molar-refractivity contribution in [3.05, 3.63) is 17.8 Å². The zero-order valence-corrected chi connectivity index (χ0v) is 20.1. The van der Waals surface area contributed by atoms with Crippen LogP contribution < -0.4 is 0 Å². The maximum Gasteiger partial charge on any atom is 0.303 e. The highest BCUT2D eigenvalue weighted by molar-refractivity contribution is 7.98. The van der Waals surface area contributed by atoms with Gasteiger partial charge in [-0.05, 0) is 6.26 Å². The van der Waals surface area contributed by atoms with E-state index in [4.69, 9.17) is 30.5 Å². The Kier molecular flexibility index (Phi) is 9.41. The largest absolute Gasteiger partial charge is 0.462 e. The lowest BCUT2D eigenvalue weighted by Gasteiger charge is -2.35. The second kappa shape index (κ2) is 11.8. The average Bonchev–Trinajstić information content (AvgIpc) is 3.14. The summed E-state index contributed by atoms with van der Waals surface area (Å²) >= 11 is 7.31. The molecule has 0 spiro atoms. The maximum atomic E-state index is 12.0. The number of imidazole rings is 1. The number of esters is 4. The molecule has 0 fully saturated rings. The number of ether oxygens (including phenoxy) is 4. The summed E-state index contributed by atoms with van der Waals surface area (Å²) < 4.78 is 22.8. The molecule has 180 valence electrons. The number of carbonyl (C=O) groups excluding carboxylic acids is 4. The van der Waals surface area contributed by atoms with E-state index in [1.807, 2.05) is 0 Å². The molecule has 2 heterocycles. The van der Waals surface area contributed by atoms with Gasteiger partial charge in [-0.2, -0.15) is 0 Å². The molecule has 0 aliphatic carbocycles. The Balaban J connectivity index is 2.60. The molecule has 0 N–H and O–H groups in total. The lowest BCUT2D eigenvalue weighted by Crippen LogP contribution is -2.50. The molecule has 12 nitrogen and oxygen atoms in total. The topological polar surface area (TPSA) is 149 Å². The van der Waals surface area contributed by atoms with E-state index >= 15 is 0 Å². The summed E-state index contributed by atoms with van der Waals surface area (Å²) in [5.74, 6) is -2.80. The second-order valence-electron chi connectivity index (χ2n) is 6.71. The van der Waals surface area contributed by atoms with Gasteiger partial charge in [-0.15, -0.1) is 11.8 Å². The fourth-order valence-electron chi connectivity index (χ4n) is 3.05. The third-order valence-electron chi connectivity index (χ3n) is 4.17. The first-order valence-electron chi connectivity index (χ1n) is 9.56. The Labute approximate surface area is 198 Å². The van der Waals surface area contributed by atoms with Crippen LogP contribution in [0.2, 0.25) is 5.15 Å². The van der Waals surface area contributed by atoms with Crippen LogP contribution in [0.25, 0.3) is 11.2 Å². The van der Waals surface area contributed by atoms with Gasteiger partial charge in [0.1, 0.15) is 23.8 Å². The standard InChI is InChI=1S/C19H23ClN4O8S/c1-9(25)29-6-13(30-10(2)26)15(31-11(3)27)16(32-12(4)28)19(33-5)24-8-23-14-17(20)21-7-22-18(14)24/h7-8,13,15-16,19H,6H2,1-5H3/t13-,15-,16+,19-/m1/s1. The average molecular weight is 503 g/mol. The second-order valence-corrected chi connectivity index (χ2v) is 8.03. The van der Waals surface area contributed by atoms with Gasteiger partial charge in [-0.3, -0.25) is 23.7 Å². The van der Waals surface area contributed by atoms with E-state index in [0.717, 1.165) is 13.8 Å². The van der Waals surface area contributed by atoms with E-state index in [2.05, 4.69) is 15.0 Å². The molecule has 0 radical (unpaired) electrons. The minimum absolute atomic E-state index is 0.117. The van der Waals surface area contributed by atoms with Crippen molar-refractivity contribution in [1.29, 1.82) is 0 Å². The summed E-state index contributed by atoms with van der Waals surface area (Å²) in [7, 11) is 0. The van der Waals surface area contributed by atoms with E-state index in [1.54, 1.807) is 10.8 Å². The molecule has 0 aliphatic rings. The number of rotatable bonds is 10. The maximum absolute atomic E-state index is 12.0. The molecule has 0 unspecified atom stereocenters. The van der Waals surface area contributed by atoms with Crippen LogP contribution in [-0.4, -0.2) is 74.6 Å². The Bertz CT molecular complexity index is 1030. The number of hydrogen-bond acceptors (Lipinski definition) is 12. The highest BCUT2D eigenvalue weighted by atomic mass is 35.5. The molecule has 33 heavy (non-hydrogen) atoms. The molecule has 2 aromatic rings. The van der Waals surface area contributed by atoms with Crippen LogP contribution in [0.4, 0.5) is 0 Å². The van der Waals surface area contributed by atoms with Gasteiger partial charge >= 0.3 is 23.9 Å². The van der Waals surface area contributed by atoms with E-state index in [-0.39, 0.29) is 5.15 Å². The van der Waals surface area contributed by atoms with Crippen molar-refractivity contribution in [2.45, 2.75) is 51.4 Å². The van der Waals surface area contributed by atoms with Gasteiger partial charge in [0.15, 0.2) is 29.1 Å². The van der Waals surface area contributed by atoms with Gasteiger partial charge in [-0.25, -0.2) is 15.0 Å². The minimum atomic E-state index is -1.35. The summed E-state index contributed by atoms with van der Waals surface area (Å²) in [6, 6.07) is 0. The number of nitrogens with zero attached hydrogens (tertiary/aromatic N) is 4. The van der Waals surface area contributed by atoms with Crippen molar-refractivity contribution < 1.29 is 38.1 Å². The molecule has 2 rings (SSSR count). The van der Waals surface area contributed by atoms with Crippen LogP contribution in [0.5, 0.6) is 0 Å². The Morgan fingerprint density at radius 3 is 2.09 bits per heavy atom. The lowest BCUT2D eigenvalue weighted by molar-refractivity contribution is -0.190. The quantitative estimate of drug-likeness (QED) is 0.264. The van der Waals surface area contributed by atoms with Crippen molar-refractivity contribution in [2.75, 3.05) is 12.9 Å². The van der Waals surface area contributed by atoms with Crippen LogP contribution in [-0.2, 0) is 38.1 Å². The third kappa shape index (κ3) is 7.02. The van der Waals surface area contributed by atoms with Crippen LogP contribution >= 0.6 is 23.4 Å². The lowest BCUT2D eigenvalue weighted by atomic mass is 10.1. The molecule has 2 aromatic heterocycles. The molecule has 14 heteroatoms. The first kappa shape index (κ1) is 26.3. The van der Waals surface area contributed by atoms with Gasteiger partial charge in [0.25, 0.3) is 0 Å². The third-order valence-corrected chi connectivity index (χ3v) is 5.43.